The second kappa shape index (κ2) is 6.70. The molecule has 1 N–H and O–H groups in total. The molecule has 0 saturated heterocycles. The summed E-state index contributed by atoms with van der Waals surface area (Å²) < 4.78 is 14.5. The van der Waals surface area contributed by atoms with Gasteiger partial charge in [0.15, 0.2) is 11.5 Å². The van der Waals surface area contributed by atoms with Gasteiger partial charge in [-0.1, -0.05) is 34.3 Å². The standard InChI is InChI=1S/C17H12ClN3O3S/c18-12-4-2-11(3-5-12)15-16(25-21-20-15)17(22)19-8-10-1-6-13-14(7-10)24-9-23-13/h1-7H,8-9H2,(H,19,22). The van der Waals surface area contributed by atoms with Gasteiger partial charge in [-0.15, -0.1) is 5.10 Å². The zero-order valence-electron chi connectivity index (χ0n) is 12.9. The number of benzene rings is 2. The minimum atomic E-state index is -0.224. The molecule has 4 rings (SSSR count). The number of carbonyl (C=O) groups excluding carboxylic acids is 1. The molecule has 1 aromatic heterocycles. The largest absolute Gasteiger partial charge is 0.454 e. The average molecular weight is 374 g/mol. The minimum absolute atomic E-state index is 0.224. The van der Waals surface area contributed by atoms with Crippen molar-refractivity contribution in [3.05, 3.63) is 57.9 Å². The lowest BCUT2D eigenvalue weighted by molar-refractivity contribution is 0.0955. The molecule has 0 fully saturated rings. The van der Waals surface area contributed by atoms with Gasteiger partial charge >= 0.3 is 0 Å². The van der Waals surface area contributed by atoms with E-state index in [-0.39, 0.29) is 12.7 Å². The molecule has 0 spiro atoms. The topological polar surface area (TPSA) is 73.3 Å². The van der Waals surface area contributed by atoms with Crippen molar-refractivity contribution < 1.29 is 14.3 Å². The molecule has 2 heterocycles. The number of hydrogen-bond donors (Lipinski definition) is 1. The quantitative estimate of drug-likeness (QED) is 0.757. The van der Waals surface area contributed by atoms with Crippen LogP contribution < -0.4 is 14.8 Å². The van der Waals surface area contributed by atoms with Gasteiger partial charge in [-0.2, -0.15) is 0 Å². The van der Waals surface area contributed by atoms with Crippen LogP contribution in [0.4, 0.5) is 0 Å². The Morgan fingerprint density at radius 1 is 1.16 bits per heavy atom. The molecular weight excluding hydrogens is 362 g/mol. The Kier molecular flexibility index (Phi) is 4.25. The number of aromatic nitrogens is 2. The van der Waals surface area contributed by atoms with Crippen LogP contribution in [0.5, 0.6) is 11.5 Å². The van der Waals surface area contributed by atoms with E-state index in [1.165, 1.54) is 0 Å². The molecule has 0 bridgehead atoms. The highest BCUT2D eigenvalue weighted by Gasteiger charge is 2.18. The monoisotopic (exact) mass is 373 g/mol. The fourth-order valence-corrected chi connectivity index (χ4v) is 3.18. The maximum absolute atomic E-state index is 12.5. The number of ether oxygens (including phenoxy) is 2. The summed E-state index contributed by atoms with van der Waals surface area (Å²) in [5.74, 6) is 1.18. The summed E-state index contributed by atoms with van der Waals surface area (Å²) in [6, 6.07) is 12.7. The third kappa shape index (κ3) is 3.29. The summed E-state index contributed by atoms with van der Waals surface area (Å²) in [5, 5.41) is 7.58. The average Bonchev–Trinajstić information content (AvgIpc) is 3.29. The van der Waals surface area contributed by atoms with Crippen molar-refractivity contribution in [3.63, 3.8) is 0 Å². The Morgan fingerprint density at radius 2 is 1.96 bits per heavy atom. The second-order valence-corrected chi connectivity index (χ2v) is 6.52. The highest BCUT2D eigenvalue weighted by atomic mass is 35.5. The van der Waals surface area contributed by atoms with Crippen molar-refractivity contribution >= 4 is 29.0 Å². The van der Waals surface area contributed by atoms with Gasteiger partial charge in [-0.05, 0) is 41.4 Å². The van der Waals surface area contributed by atoms with Crippen LogP contribution in [0.3, 0.4) is 0 Å². The highest BCUT2D eigenvalue weighted by Crippen LogP contribution is 2.32. The maximum atomic E-state index is 12.5. The molecule has 0 radical (unpaired) electrons. The van der Waals surface area contributed by atoms with Crippen molar-refractivity contribution in [2.45, 2.75) is 6.54 Å². The molecule has 1 amide bonds. The van der Waals surface area contributed by atoms with Crippen molar-refractivity contribution in [2.24, 2.45) is 0 Å². The van der Waals surface area contributed by atoms with Gasteiger partial charge < -0.3 is 14.8 Å². The Hall–Kier alpha value is -2.64. The predicted octanol–water partition coefficient (Wildman–Crippen LogP) is 3.52. The number of fused-ring (bicyclic) bond motifs is 1. The number of halogens is 1. The Bertz CT molecular complexity index is 927. The van der Waals surface area contributed by atoms with Gasteiger partial charge in [0.2, 0.25) is 6.79 Å². The summed E-state index contributed by atoms with van der Waals surface area (Å²) in [7, 11) is 0. The fraction of sp³-hybridized carbons (Fsp3) is 0.118. The lowest BCUT2D eigenvalue weighted by Gasteiger charge is -2.06. The number of rotatable bonds is 4. The number of nitrogens with zero attached hydrogens (tertiary/aromatic N) is 2. The SMILES string of the molecule is O=C(NCc1ccc2c(c1)OCO2)c1snnc1-c1ccc(Cl)cc1. The molecule has 6 nitrogen and oxygen atoms in total. The van der Waals surface area contributed by atoms with E-state index in [9.17, 15) is 4.79 Å². The van der Waals surface area contributed by atoms with Crippen molar-refractivity contribution in [1.82, 2.24) is 14.9 Å². The molecule has 0 unspecified atom stereocenters. The smallest absolute Gasteiger partial charge is 0.265 e. The summed E-state index contributed by atoms with van der Waals surface area (Å²) in [5.41, 5.74) is 2.26. The highest BCUT2D eigenvalue weighted by molar-refractivity contribution is 7.08. The van der Waals surface area contributed by atoms with Gasteiger partial charge in [0.1, 0.15) is 10.6 Å². The summed E-state index contributed by atoms with van der Waals surface area (Å²) in [6.07, 6.45) is 0. The van der Waals surface area contributed by atoms with Crippen LogP contribution in [0, 0.1) is 0 Å². The predicted molar refractivity (Wildman–Crippen MR) is 94.1 cm³/mol. The molecule has 3 aromatic rings. The van der Waals surface area contributed by atoms with Crippen LogP contribution in [-0.2, 0) is 6.54 Å². The number of hydrogen-bond acceptors (Lipinski definition) is 6. The van der Waals surface area contributed by atoms with Gasteiger partial charge in [0.25, 0.3) is 5.91 Å². The summed E-state index contributed by atoms with van der Waals surface area (Å²) in [6.45, 7) is 0.593. The summed E-state index contributed by atoms with van der Waals surface area (Å²) >= 11 is 6.96. The van der Waals surface area contributed by atoms with Gasteiger partial charge in [-0.3, -0.25) is 4.79 Å². The second-order valence-electron chi connectivity index (χ2n) is 5.33. The first kappa shape index (κ1) is 15.9. The van der Waals surface area contributed by atoms with E-state index >= 15 is 0 Å². The lowest BCUT2D eigenvalue weighted by atomic mass is 10.1. The first-order valence-corrected chi connectivity index (χ1v) is 8.61. The zero-order valence-corrected chi connectivity index (χ0v) is 14.4. The summed E-state index contributed by atoms with van der Waals surface area (Å²) in [4.78, 5) is 13.0. The maximum Gasteiger partial charge on any atom is 0.265 e. The van der Waals surface area contributed by atoms with Crippen LogP contribution in [-0.4, -0.2) is 22.3 Å². The van der Waals surface area contributed by atoms with Crippen LogP contribution >= 0.6 is 23.1 Å². The Morgan fingerprint density at radius 3 is 2.80 bits per heavy atom. The lowest BCUT2D eigenvalue weighted by Crippen LogP contribution is -2.22. The molecule has 2 aromatic carbocycles. The van der Waals surface area contributed by atoms with Crippen LogP contribution in [0.2, 0.25) is 5.02 Å². The number of amides is 1. The molecule has 0 atom stereocenters. The minimum Gasteiger partial charge on any atom is -0.454 e. The van der Waals surface area contributed by atoms with E-state index in [1.807, 2.05) is 30.3 Å². The van der Waals surface area contributed by atoms with E-state index in [0.717, 1.165) is 22.7 Å². The third-order valence-corrected chi connectivity index (χ3v) is 4.68. The Labute approximate surface area is 152 Å². The van der Waals surface area contributed by atoms with E-state index in [1.54, 1.807) is 12.1 Å². The Balaban J connectivity index is 1.49. The zero-order chi connectivity index (χ0) is 17.2. The molecular formula is C17H12ClN3O3S. The van der Waals surface area contributed by atoms with Crippen molar-refractivity contribution in [3.8, 4) is 22.8 Å². The van der Waals surface area contributed by atoms with Gasteiger partial charge in [0, 0.05) is 17.1 Å². The number of nitrogens with one attached hydrogen (secondary N) is 1. The van der Waals surface area contributed by atoms with E-state index in [0.29, 0.717) is 33.6 Å². The van der Waals surface area contributed by atoms with Crippen molar-refractivity contribution in [2.75, 3.05) is 6.79 Å². The third-order valence-electron chi connectivity index (χ3n) is 3.70. The van der Waals surface area contributed by atoms with Crippen LogP contribution in [0.25, 0.3) is 11.3 Å². The van der Waals surface area contributed by atoms with E-state index < -0.39 is 0 Å². The van der Waals surface area contributed by atoms with Crippen molar-refractivity contribution in [1.29, 1.82) is 0 Å². The normalized spacial score (nSPS) is 12.2. The van der Waals surface area contributed by atoms with E-state index in [2.05, 4.69) is 14.9 Å². The molecule has 0 aliphatic carbocycles. The molecule has 8 heteroatoms. The molecule has 0 saturated carbocycles. The molecule has 1 aliphatic rings. The van der Waals surface area contributed by atoms with Crippen LogP contribution in [0.15, 0.2) is 42.5 Å². The molecule has 126 valence electrons. The fourth-order valence-electron chi connectivity index (χ4n) is 2.45. The van der Waals surface area contributed by atoms with E-state index in [4.69, 9.17) is 21.1 Å². The first-order chi connectivity index (χ1) is 12.2. The van der Waals surface area contributed by atoms with Gasteiger partial charge in [0.05, 0.1) is 0 Å². The molecule has 1 aliphatic heterocycles. The van der Waals surface area contributed by atoms with Gasteiger partial charge in [-0.25, -0.2) is 0 Å². The molecule has 25 heavy (non-hydrogen) atoms. The first-order valence-electron chi connectivity index (χ1n) is 7.46. The van der Waals surface area contributed by atoms with Crippen LogP contribution in [0.1, 0.15) is 15.2 Å². The number of carbonyl (C=O) groups is 1.